The van der Waals surface area contributed by atoms with E-state index in [1.807, 2.05) is 30.3 Å². The highest BCUT2D eigenvalue weighted by atomic mass is 16.2. The third kappa shape index (κ3) is 3.06. The van der Waals surface area contributed by atoms with Crippen molar-refractivity contribution in [3.8, 4) is 0 Å². The Morgan fingerprint density at radius 2 is 1.62 bits per heavy atom. The quantitative estimate of drug-likeness (QED) is 0.601. The van der Waals surface area contributed by atoms with Crippen LogP contribution in [0.4, 0.5) is 0 Å². The maximum absolute atomic E-state index is 11.2. The van der Waals surface area contributed by atoms with E-state index in [9.17, 15) is 9.59 Å². The van der Waals surface area contributed by atoms with Gasteiger partial charge in [0.2, 0.25) is 11.8 Å². The zero-order chi connectivity index (χ0) is 12.1. The van der Waals surface area contributed by atoms with Gasteiger partial charge in [-0.2, -0.15) is 0 Å². The van der Waals surface area contributed by atoms with E-state index in [-0.39, 0.29) is 0 Å². The molecule has 0 radical (unpaired) electrons. The fraction of sp³-hybridized carbons (Fsp3) is 0.273. The van der Waals surface area contributed by atoms with Crippen LogP contribution in [0.2, 0.25) is 0 Å². The number of nitrogens with two attached hydrogens (primary N) is 3. The maximum atomic E-state index is 11.2. The molecule has 0 fully saturated rings. The summed E-state index contributed by atoms with van der Waals surface area (Å²) in [6.45, 7) is 0. The van der Waals surface area contributed by atoms with E-state index in [1.54, 1.807) is 0 Å². The first kappa shape index (κ1) is 12.2. The van der Waals surface area contributed by atoms with E-state index in [4.69, 9.17) is 17.2 Å². The minimum absolute atomic E-state index is 0.320. The average Bonchev–Trinajstić information content (AvgIpc) is 2.26. The second-order valence-corrected chi connectivity index (χ2v) is 3.63. The van der Waals surface area contributed by atoms with Crippen molar-refractivity contribution in [3.05, 3.63) is 35.9 Å². The molecule has 1 aromatic carbocycles. The Labute approximate surface area is 93.6 Å². The lowest BCUT2D eigenvalue weighted by molar-refractivity contribution is -0.128. The molecule has 1 aromatic rings. The summed E-state index contributed by atoms with van der Waals surface area (Å²) in [4.78, 5) is 22.1. The van der Waals surface area contributed by atoms with Gasteiger partial charge in [0.15, 0.2) is 0 Å². The van der Waals surface area contributed by atoms with Gasteiger partial charge in [0.1, 0.15) is 0 Å². The number of hydrogen-bond donors (Lipinski definition) is 3. The molecule has 1 unspecified atom stereocenters. The predicted molar refractivity (Wildman–Crippen MR) is 60.0 cm³/mol. The molecule has 1 rings (SSSR count). The number of hydrogen-bond acceptors (Lipinski definition) is 3. The van der Waals surface area contributed by atoms with Crippen LogP contribution in [0.1, 0.15) is 5.56 Å². The standard InChI is InChI=1S/C11H15N3O2/c12-9(11(14)16)8(10(13)15)6-7-4-2-1-3-5-7/h1-5,8-9H,6,12H2,(H2,13,15)(H2,14,16)/t8?,9-/m0/s1. The zero-order valence-corrected chi connectivity index (χ0v) is 8.80. The number of carbonyl (C=O) groups excluding carboxylic acids is 2. The lowest BCUT2D eigenvalue weighted by Crippen LogP contribution is -2.48. The van der Waals surface area contributed by atoms with Gasteiger partial charge in [-0.3, -0.25) is 9.59 Å². The number of rotatable bonds is 5. The average molecular weight is 221 g/mol. The Balaban J connectivity index is 2.81. The van der Waals surface area contributed by atoms with Gasteiger partial charge in [-0.15, -0.1) is 0 Å². The molecule has 0 saturated carbocycles. The smallest absolute Gasteiger partial charge is 0.235 e. The van der Waals surface area contributed by atoms with Crippen LogP contribution < -0.4 is 17.2 Å². The molecule has 2 atom stereocenters. The third-order valence-electron chi connectivity index (χ3n) is 2.43. The van der Waals surface area contributed by atoms with E-state index in [2.05, 4.69) is 0 Å². The summed E-state index contributed by atoms with van der Waals surface area (Å²) in [5.74, 6) is -2.10. The molecule has 86 valence electrons. The Hall–Kier alpha value is -1.88. The van der Waals surface area contributed by atoms with Gasteiger partial charge < -0.3 is 17.2 Å². The summed E-state index contributed by atoms with van der Waals surface area (Å²) < 4.78 is 0. The zero-order valence-electron chi connectivity index (χ0n) is 8.80. The molecule has 0 saturated heterocycles. The van der Waals surface area contributed by atoms with Crippen molar-refractivity contribution in [2.45, 2.75) is 12.5 Å². The van der Waals surface area contributed by atoms with Gasteiger partial charge in [-0.25, -0.2) is 0 Å². The Morgan fingerprint density at radius 1 is 1.06 bits per heavy atom. The SMILES string of the molecule is NC(=O)C(Cc1ccccc1)[C@H](N)C(N)=O. The van der Waals surface area contributed by atoms with Crippen molar-refractivity contribution in [3.63, 3.8) is 0 Å². The fourth-order valence-electron chi connectivity index (χ4n) is 1.47. The van der Waals surface area contributed by atoms with Crippen LogP contribution in [0.5, 0.6) is 0 Å². The summed E-state index contributed by atoms with van der Waals surface area (Å²) in [6, 6.07) is 8.16. The number of primary amides is 2. The van der Waals surface area contributed by atoms with Gasteiger partial charge in [0, 0.05) is 0 Å². The first-order chi connectivity index (χ1) is 7.52. The van der Waals surface area contributed by atoms with Crippen LogP contribution in [-0.4, -0.2) is 17.9 Å². The molecule has 5 nitrogen and oxygen atoms in total. The van der Waals surface area contributed by atoms with Crippen LogP contribution >= 0.6 is 0 Å². The minimum atomic E-state index is -1.04. The molecular weight excluding hydrogens is 206 g/mol. The van der Waals surface area contributed by atoms with Gasteiger partial charge in [-0.1, -0.05) is 30.3 Å². The van der Waals surface area contributed by atoms with E-state index in [0.717, 1.165) is 5.56 Å². The molecule has 0 aromatic heterocycles. The summed E-state index contributed by atoms with van der Waals surface area (Å²) in [5.41, 5.74) is 16.7. The first-order valence-electron chi connectivity index (χ1n) is 4.90. The molecule has 0 spiro atoms. The summed E-state index contributed by atoms with van der Waals surface area (Å²) >= 11 is 0. The van der Waals surface area contributed by atoms with E-state index in [1.165, 1.54) is 0 Å². The van der Waals surface area contributed by atoms with Gasteiger partial charge in [-0.05, 0) is 12.0 Å². The van der Waals surface area contributed by atoms with Gasteiger partial charge in [0.05, 0.1) is 12.0 Å². The summed E-state index contributed by atoms with van der Waals surface area (Å²) in [5, 5.41) is 0. The molecule has 2 amide bonds. The normalized spacial score (nSPS) is 14.1. The Kier molecular flexibility index (Phi) is 4.02. The molecule has 0 aliphatic heterocycles. The number of benzene rings is 1. The molecule has 5 heteroatoms. The van der Waals surface area contributed by atoms with E-state index >= 15 is 0 Å². The monoisotopic (exact) mass is 221 g/mol. The van der Waals surface area contributed by atoms with E-state index in [0.29, 0.717) is 6.42 Å². The van der Waals surface area contributed by atoms with Crippen molar-refractivity contribution in [2.75, 3.05) is 0 Å². The molecule has 0 bridgehead atoms. The number of carbonyl (C=O) groups is 2. The van der Waals surface area contributed by atoms with Crippen LogP contribution in [0, 0.1) is 5.92 Å². The van der Waals surface area contributed by atoms with Crippen molar-refractivity contribution in [1.82, 2.24) is 0 Å². The van der Waals surface area contributed by atoms with Crippen molar-refractivity contribution < 1.29 is 9.59 Å². The summed E-state index contributed by atoms with van der Waals surface area (Å²) in [6.07, 6.45) is 0.320. The topological polar surface area (TPSA) is 112 Å². The highest BCUT2D eigenvalue weighted by molar-refractivity contribution is 5.88. The fourth-order valence-corrected chi connectivity index (χ4v) is 1.47. The lowest BCUT2D eigenvalue weighted by atomic mass is 9.91. The van der Waals surface area contributed by atoms with Crippen LogP contribution in [-0.2, 0) is 16.0 Å². The maximum Gasteiger partial charge on any atom is 0.235 e. The van der Waals surface area contributed by atoms with Crippen molar-refractivity contribution in [1.29, 1.82) is 0 Å². The minimum Gasteiger partial charge on any atom is -0.369 e. The molecule has 0 heterocycles. The second kappa shape index (κ2) is 5.27. The highest BCUT2D eigenvalue weighted by Crippen LogP contribution is 2.11. The largest absolute Gasteiger partial charge is 0.369 e. The van der Waals surface area contributed by atoms with Crippen molar-refractivity contribution in [2.24, 2.45) is 23.1 Å². The van der Waals surface area contributed by atoms with Crippen LogP contribution in [0.15, 0.2) is 30.3 Å². The van der Waals surface area contributed by atoms with Gasteiger partial charge in [0.25, 0.3) is 0 Å². The van der Waals surface area contributed by atoms with Crippen molar-refractivity contribution >= 4 is 11.8 Å². The Bertz CT molecular complexity index is 378. The van der Waals surface area contributed by atoms with Gasteiger partial charge >= 0.3 is 0 Å². The van der Waals surface area contributed by atoms with E-state index < -0.39 is 23.8 Å². The summed E-state index contributed by atoms with van der Waals surface area (Å²) in [7, 11) is 0. The molecular formula is C11H15N3O2. The molecule has 6 N–H and O–H groups in total. The molecule has 0 aliphatic rings. The first-order valence-corrected chi connectivity index (χ1v) is 4.90. The van der Waals surface area contributed by atoms with Crippen LogP contribution in [0.25, 0.3) is 0 Å². The highest BCUT2D eigenvalue weighted by Gasteiger charge is 2.27. The third-order valence-corrected chi connectivity index (χ3v) is 2.43. The molecule has 0 aliphatic carbocycles. The van der Waals surface area contributed by atoms with Crippen LogP contribution in [0.3, 0.4) is 0 Å². The molecule has 16 heavy (non-hydrogen) atoms. The number of amides is 2. The second-order valence-electron chi connectivity index (χ2n) is 3.63. The lowest BCUT2D eigenvalue weighted by Gasteiger charge is -2.18. The predicted octanol–water partition coefficient (Wildman–Crippen LogP) is -0.857. The Morgan fingerprint density at radius 3 is 2.06 bits per heavy atom.